The Morgan fingerprint density at radius 2 is 2.27 bits per heavy atom. The van der Waals surface area contributed by atoms with Crippen molar-refractivity contribution < 1.29 is 19.4 Å². The zero-order valence-electron chi connectivity index (χ0n) is 13.2. The Morgan fingerprint density at radius 1 is 1.50 bits per heavy atom. The molecule has 0 saturated heterocycles. The average molecular weight is 305 g/mol. The van der Waals surface area contributed by atoms with Crippen molar-refractivity contribution in [1.82, 2.24) is 5.32 Å². The van der Waals surface area contributed by atoms with Crippen LogP contribution in [-0.4, -0.2) is 23.4 Å². The van der Waals surface area contributed by atoms with Gasteiger partial charge in [0, 0.05) is 6.42 Å². The van der Waals surface area contributed by atoms with Gasteiger partial charge >= 0.3 is 6.09 Å². The summed E-state index contributed by atoms with van der Waals surface area (Å²) in [6, 6.07) is 7.17. The predicted octanol–water partition coefficient (Wildman–Crippen LogP) is 3.22. The van der Waals surface area contributed by atoms with Gasteiger partial charge in [-0.1, -0.05) is 18.2 Å². The minimum Gasteiger partial charge on any atom is -0.493 e. The summed E-state index contributed by atoms with van der Waals surface area (Å²) in [4.78, 5) is 11.9. The number of ether oxygens (including phenoxy) is 2. The van der Waals surface area contributed by atoms with E-state index in [1.54, 1.807) is 27.0 Å². The molecule has 0 radical (unpaired) electrons. The quantitative estimate of drug-likeness (QED) is 0.896. The standard InChI is InChI=1S/C17H23NO4/c1-17(2,3)22-16(20)18-14(11-19)12-6-4-7-13(10-12)15-8-5-9-21-15/h4-7,9-10,14-15,19H,8,11H2,1-3H3,(H,18,20)/t14-,15?/m1/s1. The molecule has 22 heavy (non-hydrogen) atoms. The van der Waals surface area contributed by atoms with Crippen LogP contribution in [0.4, 0.5) is 4.79 Å². The number of carbonyl (C=O) groups excluding carboxylic acids is 1. The second-order valence-electron chi connectivity index (χ2n) is 6.28. The van der Waals surface area contributed by atoms with Gasteiger partial charge in [-0.2, -0.15) is 0 Å². The molecular formula is C17H23NO4. The number of alkyl carbamates (subject to hydrolysis) is 1. The van der Waals surface area contributed by atoms with Gasteiger partial charge in [0.1, 0.15) is 11.7 Å². The molecule has 1 unspecified atom stereocenters. The van der Waals surface area contributed by atoms with Crippen molar-refractivity contribution >= 4 is 6.09 Å². The van der Waals surface area contributed by atoms with Gasteiger partial charge in [0.15, 0.2) is 0 Å². The van der Waals surface area contributed by atoms with Crippen molar-refractivity contribution in [3.63, 3.8) is 0 Å². The Bertz CT molecular complexity index is 540. The van der Waals surface area contributed by atoms with Crippen LogP contribution in [0.5, 0.6) is 0 Å². The molecule has 2 atom stereocenters. The van der Waals surface area contributed by atoms with Gasteiger partial charge in [-0.25, -0.2) is 4.79 Å². The Morgan fingerprint density at radius 3 is 2.86 bits per heavy atom. The lowest BCUT2D eigenvalue weighted by Gasteiger charge is -2.23. The number of carbonyl (C=O) groups is 1. The molecule has 0 aromatic heterocycles. The van der Waals surface area contributed by atoms with Crippen molar-refractivity contribution in [3.05, 3.63) is 47.7 Å². The van der Waals surface area contributed by atoms with Crippen LogP contribution in [0.3, 0.4) is 0 Å². The van der Waals surface area contributed by atoms with Crippen molar-refractivity contribution in [2.75, 3.05) is 6.61 Å². The molecule has 5 nitrogen and oxygen atoms in total. The highest BCUT2D eigenvalue weighted by Gasteiger charge is 2.21. The van der Waals surface area contributed by atoms with E-state index in [4.69, 9.17) is 9.47 Å². The van der Waals surface area contributed by atoms with Crippen LogP contribution in [0.2, 0.25) is 0 Å². The van der Waals surface area contributed by atoms with E-state index in [2.05, 4.69) is 5.32 Å². The summed E-state index contributed by atoms with van der Waals surface area (Å²) in [6.45, 7) is 5.19. The normalized spacial score (nSPS) is 18.6. The molecule has 0 fully saturated rings. The van der Waals surface area contributed by atoms with E-state index in [9.17, 15) is 9.90 Å². The molecule has 0 aliphatic carbocycles. The lowest BCUT2D eigenvalue weighted by Crippen LogP contribution is -2.36. The molecule has 2 rings (SSSR count). The van der Waals surface area contributed by atoms with Gasteiger partial charge in [0.2, 0.25) is 0 Å². The molecule has 0 spiro atoms. The van der Waals surface area contributed by atoms with E-state index < -0.39 is 17.7 Å². The highest BCUT2D eigenvalue weighted by molar-refractivity contribution is 5.68. The summed E-state index contributed by atoms with van der Waals surface area (Å²) in [7, 11) is 0. The van der Waals surface area contributed by atoms with Crippen molar-refractivity contribution in [1.29, 1.82) is 0 Å². The maximum Gasteiger partial charge on any atom is 0.408 e. The van der Waals surface area contributed by atoms with Crippen LogP contribution in [0.15, 0.2) is 36.6 Å². The Balaban J connectivity index is 2.07. The van der Waals surface area contributed by atoms with Gasteiger partial charge in [0.25, 0.3) is 0 Å². The van der Waals surface area contributed by atoms with Gasteiger partial charge in [-0.05, 0) is 44.0 Å². The van der Waals surface area contributed by atoms with Gasteiger partial charge < -0.3 is 19.9 Å². The van der Waals surface area contributed by atoms with Gasteiger partial charge in [0.05, 0.1) is 18.9 Å². The Kier molecular flexibility index (Phi) is 5.08. The zero-order valence-corrected chi connectivity index (χ0v) is 13.2. The molecular weight excluding hydrogens is 282 g/mol. The first-order chi connectivity index (χ1) is 10.4. The minimum atomic E-state index is -0.574. The van der Waals surface area contributed by atoms with Crippen LogP contribution in [0, 0.1) is 0 Å². The number of amides is 1. The second-order valence-corrected chi connectivity index (χ2v) is 6.28. The van der Waals surface area contributed by atoms with Crippen molar-refractivity contribution in [3.8, 4) is 0 Å². The lowest BCUT2D eigenvalue weighted by molar-refractivity contribution is 0.0482. The average Bonchev–Trinajstić information content (AvgIpc) is 2.97. The highest BCUT2D eigenvalue weighted by Crippen LogP contribution is 2.28. The number of aliphatic hydroxyl groups is 1. The second kappa shape index (κ2) is 6.83. The number of hydrogen-bond acceptors (Lipinski definition) is 4. The summed E-state index contributed by atoms with van der Waals surface area (Å²) in [5, 5.41) is 12.3. The van der Waals surface area contributed by atoms with E-state index >= 15 is 0 Å². The summed E-state index contributed by atoms with van der Waals surface area (Å²) in [5.74, 6) is 0. The predicted molar refractivity (Wildman–Crippen MR) is 83.2 cm³/mol. The molecule has 1 amide bonds. The number of aliphatic hydroxyl groups excluding tert-OH is 1. The van der Waals surface area contributed by atoms with E-state index in [1.807, 2.05) is 30.3 Å². The van der Waals surface area contributed by atoms with E-state index in [0.717, 1.165) is 17.5 Å². The Hall–Kier alpha value is -2.01. The van der Waals surface area contributed by atoms with E-state index in [-0.39, 0.29) is 12.7 Å². The first-order valence-electron chi connectivity index (χ1n) is 7.40. The number of hydrogen-bond donors (Lipinski definition) is 2. The van der Waals surface area contributed by atoms with Crippen molar-refractivity contribution in [2.45, 2.75) is 44.9 Å². The van der Waals surface area contributed by atoms with Crippen molar-refractivity contribution in [2.24, 2.45) is 0 Å². The zero-order chi connectivity index (χ0) is 16.2. The maximum absolute atomic E-state index is 11.9. The van der Waals surface area contributed by atoms with Crippen LogP contribution in [-0.2, 0) is 9.47 Å². The number of benzene rings is 1. The third-order valence-electron chi connectivity index (χ3n) is 3.25. The fourth-order valence-electron chi connectivity index (χ4n) is 2.26. The summed E-state index contributed by atoms with van der Waals surface area (Å²) < 4.78 is 10.7. The number of nitrogens with one attached hydrogen (secondary N) is 1. The molecule has 120 valence electrons. The topological polar surface area (TPSA) is 67.8 Å². The van der Waals surface area contributed by atoms with Crippen LogP contribution < -0.4 is 5.32 Å². The summed E-state index contributed by atoms with van der Waals surface area (Å²) >= 11 is 0. The van der Waals surface area contributed by atoms with Crippen LogP contribution >= 0.6 is 0 Å². The Labute approximate surface area is 130 Å². The molecule has 2 N–H and O–H groups in total. The molecule has 5 heteroatoms. The molecule has 1 aromatic rings. The van der Waals surface area contributed by atoms with E-state index in [1.165, 1.54) is 0 Å². The summed E-state index contributed by atoms with van der Waals surface area (Å²) in [6.07, 6.45) is 3.95. The van der Waals surface area contributed by atoms with Crippen LogP contribution in [0.1, 0.15) is 50.5 Å². The summed E-state index contributed by atoms with van der Waals surface area (Å²) in [5.41, 5.74) is 1.27. The molecule has 0 bridgehead atoms. The molecule has 0 saturated carbocycles. The lowest BCUT2D eigenvalue weighted by atomic mass is 10.0. The molecule has 1 heterocycles. The third kappa shape index (κ3) is 4.49. The first-order valence-corrected chi connectivity index (χ1v) is 7.40. The van der Waals surface area contributed by atoms with Crippen LogP contribution in [0.25, 0.3) is 0 Å². The maximum atomic E-state index is 11.9. The first kappa shape index (κ1) is 16.4. The third-order valence-corrected chi connectivity index (χ3v) is 3.25. The number of rotatable bonds is 4. The fraction of sp³-hybridized carbons (Fsp3) is 0.471. The largest absolute Gasteiger partial charge is 0.493 e. The van der Waals surface area contributed by atoms with Gasteiger partial charge in [-0.15, -0.1) is 0 Å². The smallest absolute Gasteiger partial charge is 0.408 e. The monoisotopic (exact) mass is 305 g/mol. The highest BCUT2D eigenvalue weighted by atomic mass is 16.6. The molecule has 1 aromatic carbocycles. The fourth-order valence-corrected chi connectivity index (χ4v) is 2.26. The van der Waals surface area contributed by atoms with E-state index in [0.29, 0.717) is 0 Å². The minimum absolute atomic E-state index is 0.000759. The van der Waals surface area contributed by atoms with Gasteiger partial charge in [-0.3, -0.25) is 0 Å². The molecule has 1 aliphatic rings. The molecule has 1 aliphatic heterocycles. The SMILES string of the molecule is CC(C)(C)OC(=O)N[C@H](CO)c1cccc(C2CC=CO2)c1.